The van der Waals surface area contributed by atoms with Crippen LogP contribution >= 0.6 is 0 Å². The van der Waals surface area contributed by atoms with Crippen molar-refractivity contribution in [2.45, 2.75) is 60.3 Å². The molecule has 0 heterocycles. The minimum absolute atomic E-state index is 0.276. The van der Waals surface area contributed by atoms with Gasteiger partial charge in [0.2, 0.25) is 0 Å². The predicted molar refractivity (Wildman–Crippen MR) is 83.5 cm³/mol. The number of esters is 2. The summed E-state index contributed by atoms with van der Waals surface area (Å²) in [5, 5.41) is 0. The molecule has 0 bridgehead atoms. The summed E-state index contributed by atoms with van der Waals surface area (Å²) in [6, 6.07) is 0. The van der Waals surface area contributed by atoms with Crippen LogP contribution in [0.15, 0.2) is 23.5 Å². The van der Waals surface area contributed by atoms with Crippen molar-refractivity contribution in [1.29, 1.82) is 0 Å². The molecule has 120 valence electrons. The Morgan fingerprint density at radius 1 is 1.05 bits per heavy atom. The van der Waals surface area contributed by atoms with Crippen LogP contribution in [0.3, 0.4) is 0 Å². The first-order chi connectivity index (χ1) is 9.88. The second-order valence-electron chi connectivity index (χ2n) is 5.58. The molecule has 0 aliphatic heterocycles. The normalized spacial score (nSPS) is 12.5. The van der Waals surface area contributed by atoms with Crippen LogP contribution in [0, 0.1) is 5.92 Å². The highest BCUT2D eigenvalue weighted by atomic mass is 16.5. The Kier molecular flexibility index (Phi) is 10.3. The molecule has 21 heavy (non-hydrogen) atoms. The highest BCUT2D eigenvalue weighted by molar-refractivity contribution is 5.90. The van der Waals surface area contributed by atoms with Crippen molar-refractivity contribution in [1.82, 2.24) is 0 Å². The van der Waals surface area contributed by atoms with Gasteiger partial charge in [0.25, 0.3) is 0 Å². The van der Waals surface area contributed by atoms with Gasteiger partial charge < -0.3 is 9.47 Å². The van der Waals surface area contributed by atoms with Crippen molar-refractivity contribution >= 4 is 11.9 Å². The van der Waals surface area contributed by atoms with E-state index in [0.717, 1.165) is 31.9 Å². The van der Waals surface area contributed by atoms with Crippen molar-refractivity contribution in [3.8, 4) is 0 Å². The van der Waals surface area contributed by atoms with E-state index in [0.29, 0.717) is 12.2 Å². The summed E-state index contributed by atoms with van der Waals surface area (Å²) in [4.78, 5) is 23.3. The van der Waals surface area contributed by atoms with E-state index in [1.165, 1.54) is 0 Å². The van der Waals surface area contributed by atoms with Crippen LogP contribution < -0.4 is 0 Å². The summed E-state index contributed by atoms with van der Waals surface area (Å²) < 4.78 is 10.0. The van der Waals surface area contributed by atoms with Crippen LogP contribution in [0.4, 0.5) is 0 Å². The molecule has 0 aromatic carbocycles. The zero-order valence-electron chi connectivity index (χ0n) is 13.9. The smallest absolute Gasteiger partial charge is 0.338 e. The molecule has 0 aromatic rings. The Labute approximate surface area is 128 Å². The van der Waals surface area contributed by atoms with Gasteiger partial charge in [-0.05, 0) is 32.6 Å². The lowest BCUT2D eigenvalue weighted by Crippen LogP contribution is -2.11. The fourth-order valence-electron chi connectivity index (χ4n) is 1.44. The molecule has 0 fully saturated rings. The maximum atomic E-state index is 11.7. The largest absolute Gasteiger partial charge is 0.462 e. The van der Waals surface area contributed by atoms with Gasteiger partial charge in [-0.1, -0.05) is 39.7 Å². The predicted octanol–water partition coefficient (Wildman–Crippen LogP) is 4.16. The summed E-state index contributed by atoms with van der Waals surface area (Å²) >= 11 is 0. The number of ether oxygens (including phenoxy) is 2. The highest BCUT2D eigenvalue weighted by Crippen LogP contribution is 2.06. The van der Waals surface area contributed by atoms with Crippen LogP contribution in [0.1, 0.15) is 60.3 Å². The van der Waals surface area contributed by atoms with E-state index >= 15 is 0 Å². The van der Waals surface area contributed by atoms with Gasteiger partial charge in [-0.15, -0.1) is 0 Å². The van der Waals surface area contributed by atoms with E-state index in [1.54, 1.807) is 13.8 Å². The molecular formula is C17H28O4. The van der Waals surface area contributed by atoms with Crippen molar-refractivity contribution in [3.63, 3.8) is 0 Å². The van der Waals surface area contributed by atoms with Gasteiger partial charge in [0.05, 0.1) is 12.2 Å². The second kappa shape index (κ2) is 11.1. The first-order valence-corrected chi connectivity index (χ1v) is 7.60. The van der Waals surface area contributed by atoms with E-state index in [-0.39, 0.29) is 11.5 Å². The first-order valence-electron chi connectivity index (χ1n) is 7.60. The van der Waals surface area contributed by atoms with Gasteiger partial charge in [0, 0.05) is 5.57 Å². The summed E-state index contributed by atoms with van der Waals surface area (Å²) in [6.45, 7) is 9.69. The minimum atomic E-state index is -0.457. The lowest BCUT2D eigenvalue weighted by Gasteiger charge is -2.07. The molecule has 0 spiro atoms. The molecule has 0 aromatic heterocycles. The van der Waals surface area contributed by atoms with E-state index < -0.39 is 11.9 Å². The Morgan fingerprint density at radius 2 is 1.71 bits per heavy atom. The number of carbonyl (C=O) groups is 2. The number of allylic oxidation sites excluding steroid dienone is 1. The lowest BCUT2D eigenvalue weighted by atomic mass is 10.1. The minimum Gasteiger partial charge on any atom is -0.462 e. The number of unbranched alkanes of at least 4 members (excludes halogenated alkanes) is 3. The molecule has 0 atom stereocenters. The molecule has 4 heteroatoms. The van der Waals surface area contributed by atoms with Gasteiger partial charge >= 0.3 is 11.9 Å². The number of hydrogen-bond donors (Lipinski definition) is 0. The standard InChI is InChI=1S/C17H28O4/c1-6-7-8-9-10-14(4)16(18)21-12-15(5)17(19)20-11-13(2)3/h10,12-13H,6-9,11H2,1-5H3. The van der Waals surface area contributed by atoms with E-state index in [2.05, 4.69) is 6.92 Å². The maximum Gasteiger partial charge on any atom is 0.338 e. The van der Waals surface area contributed by atoms with Gasteiger partial charge in [-0.25, -0.2) is 9.59 Å². The van der Waals surface area contributed by atoms with Crippen LogP contribution in [0.5, 0.6) is 0 Å². The SMILES string of the molecule is CCCCCC=C(C)C(=O)OC=C(C)C(=O)OCC(C)C. The molecule has 0 unspecified atom stereocenters. The Bertz CT molecular complexity index is 392. The maximum absolute atomic E-state index is 11.7. The number of hydrogen-bond acceptors (Lipinski definition) is 4. The monoisotopic (exact) mass is 296 g/mol. The van der Waals surface area contributed by atoms with Crippen LogP contribution in [-0.2, 0) is 19.1 Å². The molecule has 0 saturated carbocycles. The fraction of sp³-hybridized carbons (Fsp3) is 0.647. The second-order valence-corrected chi connectivity index (χ2v) is 5.58. The van der Waals surface area contributed by atoms with Gasteiger partial charge in [-0.2, -0.15) is 0 Å². The van der Waals surface area contributed by atoms with Crippen molar-refractivity contribution in [2.75, 3.05) is 6.61 Å². The topological polar surface area (TPSA) is 52.6 Å². The molecule has 0 aliphatic carbocycles. The Balaban J connectivity index is 4.24. The molecule has 0 amide bonds. The molecule has 0 aliphatic rings. The van der Waals surface area contributed by atoms with Gasteiger partial charge in [0.1, 0.15) is 6.26 Å². The fourth-order valence-corrected chi connectivity index (χ4v) is 1.44. The number of rotatable bonds is 9. The van der Waals surface area contributed by atoms with Crippen LogP contribution in [0.2, 0.25) is 0 Å². The molecule has 0 N–H and O–H groups in total. The lowest BCUT2D eigenvalue weighted by molar-refractivity contribution is -0.140. The molecule has 0 saturated heterocycles. The number of carbonyl (C=O) groups excluding carboxylic acids is 2. The quantitative estimate of drug-likeness (QED) is 0.277. The summed E-state index contributed by atoms with van der Waals surface area (Å²) in [7, 11) is 0. The highest BCUT2D eigenvalue weighted by Gasteiger charge is 2.09. The summed E-state index contributed by atoms with van der Waals surface area (Å²) in [5.41, 5.74) is 0.841. The van der Waals surface area contributed by atoms with Gasteiger partial charge in [-0.3, -0.25) is 0 Å². The average molecular weight is 296 g/mol. The van der Waals surface area contributed by atoms with Crippen molar-refractivity contribution in [2.24, 2.45) is 5.92 Å². The zero-order chi connectivity index (χ0) is 16.3. The third-order valence-corrected chi connectivity index (χ3v) is 2.79. The summed E-state index contributed by atoms with van der Waals surface area (Å²) in [5.74, 6) is -0.610. The van der Waals surface area contributed by atoms with E-state index in [9.17, 15) is 9.59 Å². The molecule has 4 nitrogen and oxygen atoms in total. The van der Waals surface area contributed by atoms with Crippen LogP contribution in [-0.4, -0.2) is 18.5 Å². The molecule has 0 radical (unpaired) electrons. The molecule has 0 rings (SSSR count). The summed E-state index contributed by atoms with van der Waals surface area (Å²) in [6.07, 6.45) is 7.27. The molecular weight excluding hydrogens is 268 g/mol. The van der Waals surface area contributed by atoms with E-state index in [1.807, 2.05) is 19.9 Å². The van der Waals surface area contributed by atoms with Crippen molar-refractivity contribution in [3.05, 3.63) is 23.5 Å². The third-order valence-electron chi connectivity index (χ3n) is 2.79. The Morgan fingerprint density at radius 3 is 2.29 bits per heavy atom. The third kappa shape index (κ3) is 9.88. The zero-order valence-corrected chi connectivity index (χ0v) is 13.9. The van der Waals surface area contributed by atoms with Crippen molar-refractivity contribution < 1.29 is 19.1 Å². The van der Waals surface area contributed by atoms with Gasteiger partial charge in [0.15, 0.2) is 0 Å². The van der Waals surface area contributed by atoms with Crippen LogP contribution in [0.25, 0.3) is 0 Å². The Hall–Kier alpha value is -1.58. The van der Waals surface area contributed by atoms with E-state index in [4.69, 9.17) is 9.47 Å². The average Bonchev–Trinajstić information content (AvgIpc) is 2.45. The first kappa shape index (κ1) is 19.4.